The second kappa shape index (κ2) is 6.36. The summed E-state index contributed by atoms with van der Waals surface area (Å²) in [5.74, 6) is 0. The van der Waals surface area contributed by atoms with Gasteiger partial charge in [-0.3, -0.25) is 4.98 Å². The predicted octanol–water partition coefficient (Wildman–Crippen LogP) is 3.89. The molecule has 25 heavy (non-hydrogen) atoms. The van der Waals surface area contributed by atoms with Crippen molar-refractivity contribution in [3.05, 3.63) is 46.9 Å². The summed E-state index contributed by atoms with van der Waals surface area (Å²) in [7, 11) is 0. The number of oxazole rings is 1. The van der Waals surface area contributed by atoms with Crippen LogP contribution in [0.4, 0.5) is 11.7 Å². The summed E-state index contributed by atoms with van der Waals surface area (Å²) in [6.45, 7) is 12.1. The van der Waals surface area contributed by atoms with Crippen molar-refractivity contribution in [3.8, 4) is 11.3 Å². The smallest absolute Gasteiger partial charge is 0.298 e. The van der Waals surface area contributed by atoms with Crippen molar-refractivity contribution in [2.24, 2.45) is 0 Å². The molecule has 3 heterocycles. The second-order valence-electron chi connectivity index (χ2n) is 6.03. The van der Waals surface area contributed by atoms with Gasteiger partial charge >= 0.3 is 0 Å². The number of aromatic nitrogens is 2. The Morgan fingerprint density at radius 2 is 2.32 bits per heavy atom. The molecular formula is C18H16ClN5O. The molecule has 4 rings (SSSR count). The average Bonchev–Trinajstić information content (AvgIpc) is 3.05. The van der Waals surface area contributed by atoms with Crippen LogP contribution in [0.1, 0.15) is 6.92 Å². The number of hydrogen-bond donors (Lipinski definition) is 1. The van der Waals surface area contributed by atoms with Gasteiger partial charge in [-0.25, -0.2) is 4.85 Å². The summed E-state index contributed by atoms with van der Waals surface area (Å²) in [5.41, 5.74) is 2.98. The molecule has 1 atom stereocenters. The number of halogens is 1. The summed E-state index contributed by atoms with van der Waals surface area (Å²) in [6.07, 6.45) is 1.66. The number of benzene rings is 1. The lowest BCUT2D eigenvalue weighted by atomic mass is 10.1. The molecule has 0 amide bonds. The van der Waals surface area contributed by atoms with Crippen LogP contribution >= 0.6 is 11.6 Å². The van der Waals surface area contributed by atoms with Gasteiger partial charge in [0.1, 0.15) is 5.52 Å². The van der Waals surface area contributed by atoms with Gasteiger partial charge in [0.2, 0.25) is 5.69 Å². The topological polar surface area (TPSA) is 58.6 Å². The zero-order valence-corrected chi connectivity index (χ0v) is 14.4. The number of anilines is 1. The lowest BCUT2D eigenvalue weighted by molar-refractivity contribution is 0.456. The Labute approximate surface area is 150 Å². The zero-order chi connectivity index (χ0) is 17.4. The van der Waals surface area contributed by atoms with Crippen molar-refractivity contribution in [1.82, 2.24) is 15.3 Å². The number of nitrogens with one attached hydrogen (secondary N) is 1. The molecule has 0 saturated carbocycles. The van der Waals surface area contributed by atoms with E-state index in [1.807, 2.05) is 0 Å². The maximum Gasteiger partial charge on any atom is 0.298 e. The monoisotopic (exact) mass is 353 g/mol. The Kier molecular flexibility index (Phi) is 4.04. The van der Waals surface area contributed by atoms with Gasteiger partial charge in [-0.05, 0) is 19.1 Å². The average molecular weight is 354 g/mol. The maximum atomic E-state index is 7.38. The fourth-order valence-corrected chi connectivity index (χ4v) is 3.32. The van der Waals surface area contributed by atoms with Gasteiger partial charge in [0.15, 0.2) is 5.58 Å². The van der Waals surface area contributed by atoms with E-state index in [2.05, 4.69) is 32.0 Å². The molecule has 3 aromatic rings. The number of nitrogens with zero attached hydrogens (tertiary/aromatic N) is 4. The van der Waals surface area contributed by atoms with Gasteiger partial charge in [-0.15, -0.1) is 0 Å². The van der Waals surface area contributed by atoms with Crippen LogP contribution < -0.4 is 10.2 Å². The van der Waals surface area contributed by atoms with E-state index in [1.54, 1.807) is 30.5 Å². The van der Waals surface area contributed by atoms with Crippen LogP contribution in [0.5, 0.6) is 0 Å². The first-order chi connectivity index (χ1) is 12.2. The van der Waals surface area contributed by atoms with Gasteiger partial charge in [0, 0.05) is 42.5 Å². The highest BCUT2D eigenvalue weighted by Gasteiger charge is 2.24. The first kappa shape index (κ1) is 15.9. The predicted molar refractivity (Wildman–Crippen MR) is 98.2 cm³/mol. The highest BCUT2D eigenvalue weighted by atomic mass is 35.5. The van der Waals surface area contributed by atoms with E-state index < -0.39 is 0 Å². The largest absolute Gasteiger partial charge is 0.423 e. The fourth-order valence-electron chi connectivity index (χ4n) is 3.11. The lowest BCUT2D eigenvalue weighted by Crippen LogP contribution is -2.50. The molecule has 2 aromatic heterocycles. The normalized spacial score (nSPS) is 17.6. The molecule has 1 aliphatic heterocycles. The summed E-state index contributed by atoms with van der Waals surface area (Å²) < 4.78 is 6.10. The molecule has 0 radical (unpaired) electrons. The Balaban J connectivity index is 1.89. The van der Waals surface area contributed by atoms with E-state index in [0.29, 0.717) is 39.1 Å². The van der Waals surface area contributed by atoms with Crippen molar-refractivity contribution >= 4 is 34.4 Å². The van der Waals surface area contributed by atoms with Gasteiger partial charge in [-0.1, -0.05) is 23.7 Å². The lowest BCUT2D eigenvalue weighted by Gasteiger charge is -2.32. The molecule has 0 bridgehead atoms. The third-order valence-corrected chi connectivity index (χ3v) is 4.57. The summed E-state index contributed by atoms with van der Waals surface area (Å²) >= 11 is 6.28. The minimum Gasteiger partial charge on any atom is -0.423 e. The van der Waals surface area contributed by atoms with Crippen molar-refractivity contribution < 1.29 is 4.42 Å². The first-order valence-corrected chi connectivity index (χ1v) is 8.45. The molecule has 0 unspecified atom stereocenters. The van der Waals surface area contributed by atoms with Crippen LogP contribution in [0.3, 0.4) is 0 Å². The SMILES string of the molecule is [C-]#[N+]c1cccnc1-c1cc(Cl)cc2nc(N3CCNC[C@@H]3C)oc12. The molecule has 1 aromatic carbocycles. The number of pyridine rings is 1. The van der Waals surface area contributed by atoms with Crippen LogP contribution in [0.2, 0.25) is 5.02 Å². The number of piperazine rings is 1. The van der Waals surface area contributed by atoms with Crippen molar-refractivity contribution in [2.75, 3.05) is 24.5 Å². The summed E-state index contributed by atoms with van der Waals surface area (Å²) in [4.78, 5) is 14.7. The quantitative estimate of drug-likeness (QED) is 0.708. The van der Waals surface area contributed by atoms with Crippen molar-refractivity contribution in [2.45, 2.75) is 13.0 Å². The maximum absolute atomic E-state index is 7.38. The van der Waals surface area contributed by atoms with E-state index in [0.717, 1.165) is 19.6 Å². The standard InChI is InChI=1S/C18H16ClN5O/c1-11-10-21-6-7-24(11)18-23-15-9-12(19)8-13(17(15)25-18)16-14(20-2)4-3-5-22-16/h3-5,8-9,11,21H,6-7,10H2,1H3/t11-/m0/s1. The molecular weight excluding hydrogens is 338 g/mol. The summed E-state index contributed by atoms with van der Waals surface area (Å²) in [6, 6.07) is 7.89. The molecule has 126 valence electrons. The Morgan fingerprint density at radius 1 is 1.44 bits per heavy atom. The molecule has 0 spiro atoms. The Bertz CT molecular complexity index is 977. The minimum atomic E-state index is 0.286. The van der Waals surface area contributed by atoms with Gasteiger partial charge in [0.05, 0.1) is 12.3 Å². The highest BCUT2D eigenvalue weighted by Crippen LogP contribution is 2.37. The van der Waals surface area contributed by atoms with E-state index in [1.165, 1.54) is 0 Å². The molecule has 1 saturated heterocycles. The van der Waals surface area contributed by atoms with E-state index in [4.69, 9.17) is 22.6 Å². The van der Waals surface area contributed by atoms with Gasteiger partial charge in [-0.2, -0.15) is 4.98 Å². The minimum absolute atomic E-state index is 0.286. The van der Waals surface area contributed by atoms with Crippen LogP contribution in [-0.2, 0) is 0 Å². The van der Waals surface area contributed by atoms with Crippen LogP contribution in [0, 0.1) is 6.57 Å². The Hall–Kier alpha value is -2.62. The summed E-state index contributed by atoms with van der Waals surface area (Å²) in [5, 5.41) is 3.89. The molecule has 1 fully saturated rings. The third kappa shape index (κ3) is 2.82. The first-order valence-electron chi connectivity index (χ1n) is 8.07. The van der Waals surface area contributed by atoms with Crippen LogP contribution in [-0.4, -0.2) is 35.6 Å². The van der Waals surface area contributed by atoms with E-state index in [-0.39, 0.29) is 6.04 Å². The molecule has 1 aliphatic rings. The van der Waals surface area contributed by atoms with Crippen molar-refractivity contribution in [1.29, 1.82) is 0 Å². The third-order valence-electron chi connectivity index (χ3n) is 4.35. The fraction of sp³-hybridized carbons (Fsp3) is 0.278. The number of rotatable bonds is 2. The van der Waals surface area contributed by atoms with Gasteiger partial charge in [0.25, 0.3) is 6.01 Å². The Morgan fingerprint density at radius 3 is 3.12 bits per heavy atom. The number of hydrogen-bond acceptors (Lipinski definition) is 5. The second-order valence-corrected chi connectivity index (χ2v) is 6.46. The zero-order valence-electron chi connectivity index (χ0n) is 13.7. The molecule has 1 N–H and O–H groups in total. The van der Waals surface area contributed by atoms with Crippen LogP contribution in [0.15, 0.2) is 34.9 Å². The van der Waals surface area contributed by atoms with Crippen LogP contribution in [0.25, 0.3) is 27.2 Å². The highest BCUT2D eigenvalue weighted by molar-refractivity contribution is 6.31. The van der Waals surface area contributed by atoms with Crippen molar-refractivity contribution in [3.63, 3.8) is 0 Å². The molecule has 7 heteroatoms. The molecule has 0 aliphatic carbocycles. The van der Waals surface area contributed by atoms with E-state index in [9.17, 15) is 0 Å². The van der Waals surface area contributed by atoms with E-state index >= 15 is 0 Å². The van der Waals surface area contributed by atoms with Gasteiger partial charge < -0.3 is 14.6 Å². The molecule has 6 nitrogen and oxygen atoms in total. The number of fused-ring (bicyclic) bond motifs is 1.